The maximum Gasteiger partial charge on any atom is 0.254 e. The summed E-state index contributed by atoms with van der Waals surface area (Å²) in [6.07, 6.45) is 3.93. The van der Waals surface area contributed by atoms with Crippen molar-refractivity contribution in [3.05, 3.63) is 58.8 Å². The largest absolute Gasteiger partial charge is 0.496 e. The molecule has 1 amide bonds. The number of pyridine rings is 1. The topological polar surface area (TPSA) is 77.4 Å². The summed E-state index contributed by atoms with van der Waals surface area (Å²) in [6.45, 7) is 1.22. The van der Waals surface area contributed by atoms with Gasteiger partial charge in [-0.2, -0.15) is 0 Å². The van der Waals surface area contributed by atoms with Crippen molar-refractivity contribution in [2.75, 3.05) is 27.3 Å². The third kappa shape index (κ3) is 3.50. The minimum absolute atomic E-state index is 0.0297. The maximum atomic E-state index is 12.6. The molecule has 144 valence electrons. The van der Waals surface area contributed by atoms with Crippen molar-refractivity contribution >= 4 is 28.4 Å². The van der Waals surface area contributed by atoms with E-state index in [4.69, 9.17) is 21.1 Å². The van der Waals surface area contributed by atoms with Crippen LogP contribution in [0.3, 0.4) is 0 Å². The SMILES string of the molecule is COc1cc(C(=O)N2CC(OC)C2)ccc1Cc1ncc2ccnc(Cl)c2n1. The second-order valence-corrected chi connectivity index (χ2v) is 6.96. The van der Waals surface area contributed by atoms with Gasteiger partial charge in [-0.05, 0) is 18.2 Å². The number of ether oxygens (including phenoxy) is 2. The Morgan fingerprint density at radius 1 is 1.25 bits per heavy atom. The van der Waals surface area contributed by atoms with Crippen molar-refractivity contribution in [2.24, 2.45) is 0 Å². The molecule has 0 radical (unpaired) electrons. The van der Waals surface area contributed by atoms with E-state index in [-0.39, 0.29) is 12.0 Å². The van der Waals surface area contributed by atoms with Crippen molar-refractivity contribution < 1.29 is 14.3 Å². The highest BCUT2D eigenvalue weighted by Crippen LogP contribution is 2.25. The minimum Gasteiger partial charge on any atom is -0.496 e. The van der Waals surface area contributed by atoms with Crippen LogP contribution < -0.4 is 4.74 Å². The molecule has 0 bridgehead atoms. The zero-order valence-corrected chi connectivity index (χ0v) is 16.3. The summed E-state index contributed by atoms with van der Waals surface area (Å²) in [6, 6.07) is 7.25. The zero-order valence-electron chi connectivity index (χ0n) is 15.6. The molecule has 3 heterocycles. The monoisotopic (exact) mass is 398 g/mol. The van der Waals surface area contributed by atoms with Crippen molar-refractivity contribution in [2.45, 2.75) is 12.5 Å². The number of amides is 1. The molecule has 8 heteroatoms. The van der Waals surface area contributed by atoms with Gasteiger partial charge in [-0.15, -0.1) is 0 Å². The molecule has 1 aliphatic heterocycles. The molecule has 2 aromatic heterocycles. The number of benzene rings is 1. The first kappa shape index (κ1) is 18.6. The summed E-state index contributed by atoms with van der Waals surface area (Å²) in [7, 11) is 3.24. The van der Waals surface area contributed by atoms with Gasteiger partial charge in [0.1, 0.15) is 17.1 Å². The van der Waals surface area contributed by atoms with Crippen LogP contribution in [0.4, 0.5) is 0 Å². The molecule has 4 rings (SSSR count). The molecule has 1 saturated heterocycles. The Kier molecular flexibility index (Phi) is 5.11. The Labute approximate surface area is 167 Å². The van der Waals surface area contributed by atoms with Gasteiger partial charge in [-0.25, -0.2) is 15.0 Å². The van der Waals surface area contributed by atoms with Crippen LogP contribution in [-0.4, -0.2) is 59.2 Å². The highest BCUT2D eigenvalue weighted by Gasteiger charge is 2.31. The quantitative estimate of drug-likeness (QED) is 0.615. The lowest BCUT2D eigenvalue weighted by atomic mass is 10.0. The molecule has 0 atom stereocenters. The molecule has 7 nitrogen and oxygen atoms in total. The lowest BCUT2D eigenvalue weighted by Crippen LogP contribution is -2.54. The number of carbonyl (C=O) groups excluding carboxylic acids is 1. The Morgan fingerprint density at radius 3 is 2.82 bits per heavy atom. The van der Waals surface area contributed by atoms with E-state index < -0.39 is 0 Å². The lowest BCUT2D eigenvalue weighted by molar-refractivity contribution is -0.0192. The first-order chi connectivity index (χ1) is 13.6. The van der Waals surface area contributed by atoms with Crippen LogP contribution in [0.15, 0.2) is 36.7 Å². The van der Waals surface area contributed by atoms with E-state index in [9.17, 15) is 4.79 Å². The van der Waals surface area contributed by atoms with Gasteiger partial charge in [0.2, 0.25) is 0 Å². The molecule has 28 heavy (non-hydrogen) atoms. The summed E-state index contributed by atoms with van der Waals surface area (Å²) < 4.78 is 10.7. The van der Waals surface area contributed by atoms with E-state index in [1.807, 2.05) is 12.1 Å². The molecule has 0 saturated carbocycles. The van der Waals surface area contributed by atoms with Crippen LogP contribution in [-0.2, 0) is 11.2 Å². The number of fused-ring (bicyclic) bond motifs is 1. The van der Waals surface area contributed by atoms with Crippen molar-refractivity contribution in [1.29, 1.82) is 0 Å². The number of methoxy groups -OCH3 is 2. The molecule has 1 aliphatic rings. The maximum absolute atomic E-state index is 12.6. The first-order valence-electron chi connectivity index (χ1n) is 8.84. The van der Waals surface area contributed by atoms with E-state index in [1.165, 1.54) is 0 Å². The van der Waals surface area contributed by atoms with Crippen LogP contribution in [0, 0.1) is 0 Å². The number of likely N-dealkylation sites (tertiary alicyclic amines) is 1. The predicted octanol–water partition coefficient (Wildman–Crippen LogP) is 2.75. The third-order valence-corrected chi connectivity index (χ3v) is 5.13. The summed E-state index contributed by atoms with van der Waals surface area (Å²) in [4.78, 5) is 27.3. The average Bonchev–Trinajstić information content (AvgIpc) is 2.68. The van der Waals surface area contributed by atoms with Gasteiger partial charge in [0, 0.05) is 55.5 Å². The number of hydrogen-bond donors (Lipinski definition) is 0. The highest BCUT2D eigenvalue weighted by atomic mass is 35.5. The van der Waals surface area contributed by atoms with Gasteiger partial charge in [-0.3, -0.25) is 4.79 Å². The Hall–Kier alpha value is -2.77. The molecule has 3 aromatic rings. The second-order valence-electron chi connectivity index (χ2n) is 6.60. The number of halogens is 1. The zero-order chi connectivity index (χ0) is 19.7. The number of nitrogens with zero attached hydrogens (tertiary/aromatic N) is 4. The lowest BCUT2D eigenvalue weighted by Gasteiger charge is -2.38. The van der Waals surface area contributed by atoms with E-state index in [1.54, 1.807) is 43.6 Å². The van der Waals surface area contributed by atoms with Gasteiger partial charge in [0.25, 0.3) is 5.91 Å². The standard InChI is InChI=1S/C20H19ClN4O3/c1-27-15-10-25(11-15)20(26)13-4-3-12(16(7-13)28-2)8-17-23-9-14-5-6-22-19(21)18(14)24-17/h3-7,9,15H,8,10-11H2,1-2H3. The molecule has 0 unspecified atom stereocenters. The molecular formula is C20H19ClN4O3. The molecule has 0 aliphatic carbocycles. The van der Waals surface area contributed by atoms with Crippen LogP contribution in [0.25, 0.3) is 10.9 Å². The Balaban J connectivity index is 1.57. The molecule has 1 aromatic carbocycles. The molecular weight excluding hydrogens is 380 g/mol. The number of carbonyl (C=O) groups is 1. The van der Waals surface area contributed by atoms with Crippen LogP contribution in [0.5, 0.6) is 5.75 Å². The predicted molar refractivity (Wildman–Crippen MR) is 105 cm³/mol. The van der Waals surface area contributed by atoms with E-state index >= 15 is 0 Å². The Bertz CT molecular complexity index is 1040. The van der Waals surface area contributed by atoms with E-state index in [0.29, 0.717) is 47.3 Å². The van der Waals surface area contributed by atoms with Crippen LogP contribution in [0.1, 0.15) is 21.7 Å². The summed E-state index contributed by atoms with van der Waals surface area (Å²) in [5, 5.41) is 1.18. The van der Waals surface area contributed by atoms with Crippen molar-refractivity contribution in [3.63, 3.8) is 0 Å². The van der Waals surface area contributed by atoms with E-state index in [2.05, 4.69) is 15.0 Å². The fraction of sp³-hybridized carbons (Fsp3) is 0.300. The molecule has 0 spiro atoms. The van der Waals surface area contributed by atoms with Gasteiger partial charge >= 0.3 is 0 Å². The average molecular weight is 399 g/mol. The first-order valence-corrected chi connectivity index (χ1v) is 9.22. The van der Waals surface area contributed by atoms with Gasteiger partial charge in [0.05, 0.1) is 13.2 Å². The van der Waals surface area contributed by atoms with Gasteiger partial charge < -0.3 is 14.4 Å². The van der Waals surface area contributed by atoms with Crippen molar-refractivity contribution in [3.8, 4) is 5.75 Å². The van der Waals surface area contributed by atoms with Crippen LogP contribution >= 0.6 is 11.6 Å². The summed E-state index contributed by atoms with van der Waals surface area (Å²) >= 11 is 6.14. The molecule has 1 fully saturated rings. The fourth-order valence-corrected chi connectivity index (χ4v) is 3.38. The number of rotatable bonds is 5. The summed E-state index contributed by atoms with van der Waals surface area (Å²) in [5.41, 5.74) is 2.09. The second kappa shape index (κ2) is 7.69. The normalized spacial score (nSPS) is 14.2. The highest BCUT2D eigenvalue weighted by molar-refractivity contribution is 6.33. The molecule has 0 N–H and O–H groups in total. The number of hydrogen-bond acceptors (Lipinski definition) is 6. The van der Waals surface area contributed by atoms with Gasteiger partial charge in [-0.1, -0.05) is 17.7 Å². The minimum atomic E-state index is -0.0297. The Morgan fingerprint density at radius 2 is 2.07 bits per heavy atom. The van der Waals surface area contributed by atoms with Crippen LogP contribution in [0.2, 0.25) is 5.15 Å². The third-order valence-electron chi connectivity index (χ3n) is 4.86. The van der Waals surface area contributed by atoms with Crippen molar-refractivity contribution in [1.82, 2.24) is 19.9 Å². The summed E-state index contributed by atoms with van der Waals surface area (Å²) in [5.74, 6) is 1.19. The number of aromatic nitrogens is 3. The smallest absolute Gasteiger partial charge is 0.254 e. The van der Waals surface area contributed by atoms with E-state index in [0.717, 1.165) is 10.9 Å². The van der Waals surface area contributed by atoms with Gasteiger partial charge in [0.15, 0.2) is 5.15 Å². The fourth-order valence-electron chi connectivity index (χ4n) is 3.17.